The number of likely N-dealkylation sites (tertiary alicyclic amines) is 1. The predicted molar refractivity (Wildman–Crippen MR) is 86.4 cm³/mol. The fourth-order valence-electron chi connectivity index (χ4n) is 2.97. The number of ether oxygens (including phenoxy) is 1. The molecule has 0 bridgehead atoms. The first-order valence-corrected chi connectivity index (χ1v) is 8.14. The number of rotatable bonds is 5. The van der Waals surface area contributed by atoms with Gasteiger partial charge in [-0.25, -0.2) is 4.99 Å². The number of amides is 1. The van der Waals surface area contributed by atoms with Crippen molar-refractivity contribution in [3.8, 4) is 0 Å². The molecule has 0 aromatic carbocycles. The number of aliphatic imine (C=N–C) groups is 1. The van der Waals surface area contributed by atoms with Crippen molar-refractivity contribution in [2.75, 3.05) is 40.9 Å². The molecule has 1 saturated heterocycles. The van der Waals surface area contributed by atoms with Gasteiger partial charge in [0.15, 0.2) is 5.82 Å². The van der Waals surface area contributed by atoms with Crippen molar-refractivity contribution in [1.29, 1.82) is 0 Å². The summed E-state index contributed by atoms with van der Waals surface area (Å²) in [7, 11) is 5.40. The number of carbonyl (C=O) groups excluding carboxylic acids is 1. The van der Waals surface area contributed by atoms with E-state index in [-0.39, 0.29) is 5.91 Å². The van der Waals surface area contributed by atoms with Crippen LogP contribution in [0.5, 0.6) is 0 Å². The summed E-state index contributed by atoms with van der Waals surface area (Å²) >= 11 is 0. The van der Waals surface area contributed by atoms with Gasteiger partial charge in [0.05, 0.1) is 13.2 Å². The molecule has 3 rings (SSSR count). The maximum Gasteiger partial charge on any atom is 0.254 e. The Morgan fingerprint density at radius 3 is 2.75 bits per heavy atom. The zero-order valence-electron chi connectivity index (χ0n) is 14.4. The van der Waals surface area contributed by atoms with E-state index >= 15 is 0 Å². The lowest BCUT2D eigenvalue weighted by atomic mass is 9.88. The monoisotopic (exact) mass is 336 g/mol. The first-order valence-electron chi connectivity index (χ1n) is 8.14. The van der Waals surface area contributed by atoms with Crippen molar-refractivity contribution in [2.45, 2.75) is 31.3 Å². The van der Waals surface area contributed by atoms with Gasteiger partial charge in [-0.1, -0.05) is 5.16 Å². The van der Waals surface area contributed by atoms with Crippen molar-refractivity contribution >= 4 is 11.9 Å². The van der Waals surface area contributed by atoms with Gasteiger partial charge in [0.1, 0.15) is 5.54 Å². The lowest BCUT2D eigenvalue weighted by molar-refractivity contribution is -0.125. The Morgan fingerprint density at radius 1 is 1.38 bits per heavy atom. The number of piperidine rings is 1. The van der Waals surface area contributed by atoms with E-state index in [4.69, 9.17) is 9.26 Å². The van der Waals surface area contributed by atoms with E-state index in [2.05, 4.69) is 25.3 Å². The number of methoxy groups -OCH3 is 1. The number of nitrogens with one attached hydrogen (secondary N) is 1. The van der Waals surface area contributed by atoms with Gasteiger partial charge in [-0.05, 0) is 12.8 Å². The SMILES string of the molecule is COCCc1noc(CN2CCC3(CC2)N=C(N(C)C)NC3=O)n1. The van der Waals surface area contributed by atoms with Crippen LogP contribution in [-0.2, 0) is 22.5 Å². The Hall–Kier alpha value is -2.00. The van der Waals surface area contributed by atoms with Gasteiger partial charge < -0.3 is 14.2 Å². The minimum absolute atomic E-state index is 0.00509. The molecule has 2 aliphatic rings. The number of carbonyl (C=O) groups is 1. The van der Waals surface area contributed by atoms with Crippen molar-refractivity contribution < 1.29 is 14.1 Å². The zero-order valence-corrected chi connectivity index (χ0v) is 14.4. The molecule has 2 aliphatic heterocycles. The molecule has 1 fully saturated rings. The van der Waals surface area contributed by atoms with Gasteiger partial charge in [-0.2, -0.15) is 4.98 Å². The molecular formula is C15H24N6O3. The van der Waals surface area contributed by atoms with E-state index in [1.54, 1.807) is 7.11 Å². The molecular weight excluding hydrogens is 312 g/mol. The van der Waals surface area contributed by atoms with E-state index < -0.39 is 5.54 Å². The van der Waals surface area contributed by atoms with E-state index in [0.29, 0.717) is 50.1 Å². The molecule has 1 amide bonds. The molecule has 3 heterocycles. The van der Waals surface area contributed by atoms with Gasteiger partial charge in [0.2, 0.25) is 11.9 Å². The van der Waals surface area contributed by atoms with Crippen molar-refractivity contribution in [3.05, 3.63) is 11.7 Å². The van der Waals surface area contributed by atoms with E-state index in [1.807, 2.05) is 19.0 Å². The maximum atomic E-state index is 12.3. The molecule has 1 aromatic heterocycles. The van der Waals surface area contributed by atoms with Crippen LogP contribution >= 0.6 is 0 Å². The molecule has 0 atom stereocenters. The van der Waals surface area contributed by atoms with Crippen molar-refractivity contribution in [2.24, 2.45) is 4.99 Å². The molecule has 1 aromatic rings. The van der Waals surface area contributed by atoms with Gasteiger partial charge in [0, 0.05) is 40.7 Å². The van der Waals surface area contributed by atoms with Gasteiger partial charge in [-0.15, -0.1) is 0 Å². The molecule has 9 heteroatoms. The summed E-state index contributed by atoms with van der Waals surface area (Å²) in [5.74, 6) is 1.92. The Morgan fingerprint density at radius 2 is 2.12 bits per heavy atom. The Bertz CT molecular complexity index is 618. The second-order valence-electron chi connectivity index (χ2n) is 6.44. The van der Waals surface area contributed by atoms with E-state index in [9.17, 15) is 4.79 Å². The van der Waals surface area contributed by atoms with Gasteiger partial charge >= 0.3 is 0 Å². The molecule has 9 nitrogen and oxygen atoms in total. The first-order chi connectivity index (χ1) is 11.5. The number of hydrogen-bond donors (Lipinski definition) is 1. The van der Waals surface area contributed by atoms with Crippen LogP contribution in [0.3, 0.4) is 0 Å². The van der Waals surface area contributed by atoms with Crippen LogP contribution in [0.15, 0.2) is 9.52 Å². The normalized spacial score (nSPS) is 20.3. The third-order valence-corrected chi connectivity index (χ3v) is 4.47. The Labute approximate surface area is 141 Å². The molecule has 1 spiro atoms. The van der Waals surface area contributed by atoms with Crippen LogP contribution in [0.1, 0.15) is 24.6 Å². The molecule has 0 unspecified atom stereocenters. The third kappa shape index (κ3) is 3.41. The fourth-order valence-corrected chi connectivity index (χ4v) is 2.97. The fraction of sp³-hybridized carbons (Fsp3) is 0.733. The minimum atomic E-state index is -0.616. The number of hydrogen-bond acceptors (Lipinski definition) is 8. The van der Waals surface area contributed by atoms with Crippen LogP contribution in [-0.4, -0.2) is 78.2 Å². The third-order valence-electron chi connectivity index (χ3n) is 4.47. The highest BCUT2D eigenvalue weighted by atomic mass is 16.5. The maximum absolute atomic E-state index is 12.3. The number of guanidine groups is 1. The zero-order chi connectivity index (χ0) is 17.2. The van der Waals surface area contributed by atoms with Crippen molar-refractivity contribution in [1.82, 2.24) is 25.3 Å². The summed E-state index contributed by atoms with van der Waals surface area (Å²) in [4.78, 5) is 25.4. The predicted octanol–water partition coefficient (Wildman–Crippen LogP) is -0.359. The van der Waals surface area contributed by atoms with Crippen molar-refractivity contribution in [3.63, 3.8) is 0 Å². The summed E-state index contributed by atoms with van der Waals surface area (Å²) in [5.41, 5.74) is -0.616. The second kappa shape index (κ2) is 6.86. The molecule has 0 saturated carbocycles. The second-order valence-corrected chi connectivity index (χ2v) is 6.44. The first kappa shape index (κ1) is 16.8. The van der Waals surface area contributed by atoms with Crippen LogP contribution in [0.2, 0.25) is 0 Å². The summed E-state index contributed by atoms with van der Waals surface area (Å²) in [6, 6.07) is 0. The van der Waals surface area contributed by atoms with E-state index in [1.165, 1.54) is 0 Å². The lowest BCUT2D eigenvalue weighted by Crippen LogP contribution is -2.49. The highest BCUT2D eigenvalue weighted by molar-refractivity contribution is 6.07. The van der Waals surface area contributed by atoms with Gasteiger partial charge in [0.25, 0.3) is 5.91 Å². The summed E-state index contributed by atoms with van der Waals surface area (Å²) in [5, 5.41) is 6.81. The number of aromatic nitrogens is 2. The molecule has 1 N–H and O–H groups in total. The summed E-state index contributed by atoms with van der Waals surface area (Å²) < 4.78 is 10.3. The Kier molecular flexibility index (Phi) is 4.81. The lowest BCUT2D eigenvalue weighted by Gasteiger charge is -2.34. The largest absolute Gasteiger partial charge is 0.384 e. The van der Waals surface area contributed by atoms with Crippen LogP contribution in [0.4, 0.5) is 0 Å². The van der Waals surface area contributed by atoms with Crippen LogP contribution < -0.4 is 5.32 Å². The van der Waals surface area contributed by atoms with Crippen LogP contribution in [0.25, 0.3) is 0 Å². The van der Waals surface area contributed by atoms with Gasteiger partial charge in [-0.3, -0.25) is 15.0 Å². The summed E-state index contributed by atoms with van der Waals surface area (Å²) in [6.07, 6.45) is 2.03. The van der Waals surface area contributed by atoms with Crippen LogP contribution in [0, 0.1) is 0 Å². The Balaban J connectivity index is 1.56. The quantitative estimate of drug-likeness (QED) is 0.784. The smallest absolute Gasteiger partial charge is 0.254 e. The average Bonchev–Trinajstić information content (AvgIpc) is 3.13. The molecule has 0 radical (unpaired) electrons. The minimum Gasteiger partial charge on any atom is -0.384 e. The topological polar surface area (TPSA) is 96.1 Å². The molecule has 132 valence electrons. The highest BCUT2D eigenvalue weighted by Crippen LogP contribution is 2.30. The van der Waals surface area contributed by atoms with E-state index in [0.717, 1.165) is 13.1 Å². The number of nitrogens with zero attached hydrogens (tertiary/aromatic N) is 5. The molecule has 0 aliphatic carbocycles. The average molecular weight is 336 g/mol. The standard InChI is InChI=1S/C15H24N6O3/c1-20(2)14-17-13(22)15(18-14)5-7-21(8-6-15)10-12-16-11(19-24-12)4-9-23-3/h4-10H2,1-3H3,(H,17,18,22). The summed E-state index contributed by atoms with van der Waals surface area (Å²) in [6.45, 7) is 2.72. The molecule has 24 heavy (non-hydrogen) atoms. The highest BCUT2D eigenvalue weighted by Gasteiger charge is 2.46.